The van der Waals surface area contributed by atoms with Crippen molar-refractivity contribution in [1.29, 1.82) is 0 Å². The van der Waals surface area contributed by atoms with E-state index in [-0.39, 0.29) is 18.0 Å². The maximum Gasteiger partial charge on any atom is 0.309 e. The van der Waals surface area contributed by atoms with Gasteiger partial charge >= 0.3 is 5.97 Å². The van der Waals surface area contributed by atoms with Crippen molar-refractivity contribution >= 4 is 5.97 Å². The zero-order valence-electron chi connectivity index (χ0n) is 6.45. The van der Waals surface area contributed by atoms with Gasteiger partial charge in [-0.1, -0.05) is 6.08 Å². The molecule has 2 atom stereocenters. The predicted molar refractivity (Wildman–Crippen MR) is 41.0 cm³/mol. The highest BCUT2D eigenvalue weighted by Gasteiger charge is 2.29. The van der Waals surface area contributed by atoms with E-state index in [1.165, 1.54) is 0 Å². The van der Waals surface area contributed by atoms with Gasteiger partial charge in [-0.25, -0.2) is 0 Å². The molecule has 60 valence electrons. The van der Waals surface area contributed by atoms with Gasteiger partial charge < -0.3 is 4.74 Å². The summed E-state index contributed by atoms with van der Waals surface area (Å²) in [6.07, 6.45) is 8.29. The second kappa shape index (κ2) is 2.68. The van der Waals surface area contributed by atoms with Crippen LogP contribution in [0.5, 0.6) is 0 Å². The minimum absolute atomic E-state index is 0.0191. The Morgan fingerprint density at radius 1 is 1.36 bits per heavy atom. The normalized spacial score (nSPS) is 39.1. The lowest BCUT2D eigenvalue weighted by molar-refractivity contribution is -0.157. The molecule has 0 N–H and O–H groups in total. The van der Waals surface area contributed by atoms with E-state index in [9.17, 15) is 4.79 Å². The number of carbonyl (C=O) groups is 1. The molecule has 2 unspecified atom stereocenters. The molecule has 1 saturated heterocycles. The highest BCUT2D eigenvalue weighted by molar-refractivity contribution is 5.73. The first-order chi connectivity index (χ1) is 5.36. The molecule has 1 fully saturated rings. The first kappa shape index (κ1) is 6.89. The molecule has 0 radical (unpaired) electrons. The molecule has 2 aliphatic heterocycles. The topological polar surface area (TPSA) is 26.3 Å². The summed E-state index contributed by atoms with van der Waals surface area (Å²) in [4.78, 5) is 11.2. The highest BCUT2D eigenvalue weighted by Crippen LogP contribution is 2.27. The van der Waals surface area contributed by atoms with E-state index >= 15 is 0 Å². The fourth-order valence-corrected chi connectivity index (χ4v) is 1.73. The summed E-state index contributed by atoms with van der Waals surface area (Å²) in [5.74, 6) is 0.210. The summed E-state index contributed by atoms with van der Waals surface area (Å²) in [6.45, 7) is 0. The largest absolute Gasteiger partial charge is 0.458 e. The van der Waals surface area contributed by atoms with Gasteiger partial charge in [0.2, 0.25) is 0 Å². The van der Waals surface area contributed by atoms with Crippen LogP contribution in [-0.4, -0.2) is 12.1 Å². The lowest BCUT2D eigenvalue weighted by Gasteiger charge is -2.27. The van der Waals surface area contributed by atoms with Gasteiger partial charge in [-0.05, 0) is 31.8 Å². The van der Waals surface area contributed by atoms with Gasteiger partial charge in [-0.2, -0.15) is 0 Å². The van der Waals surface area contributed by atoms with Gasteiger partial charge in [0.25, 0.3) is 0 Å². The maximum atomic E-state index is 11.2. The average Bonchev–Trinajstić information content (AvgIpc) is 1.92. The molecule has 3 rings (SSSR count). The highest BCUT2D eigenvalue weighted by atomic mass is 16.5. The summed E-state index contributed by atoms with van der Waals surface area (Å²) in [6, 6.07) is 0. The molecule has 0 saturated carbocycles. The minimum atomic E-state index is 0.0191. The van der Waals surface area contributed by atoms with Crippen molar-refractivity contribution in [3.63, 3.8) is 0 Å². The second-order valence-electron chi connectivity index (χ2n) is 3.26. The molecule has 0 spiro atoms. The first-order valence-electron chi connectivity index (χ1n) is 4.23. The van der Waals surface area contributed by atoms with Crippen molar-refractivity contribution < 1.29 is 9.53 Å². The fourth-order valence-electron chi connectivity index (χ4n) is 1.73. The number of hydrogen-bond acceptors (Lipinski definition) is 2. The molecule has 0 aromatic heterocycles. The number of esters is 1. The van der Waals surface area contributed by atoms with Gasteiger partial charge in [0, 0.05) is 0 Å². The van der Waals surface area contributed by atoms with Crippen molar-refractivity contribution in [1.82, 2.24) is 0 Å². The van der Waals surface area contributed by atoms with E-state index in [0.717, 1.165) is 25.7 Å². The summed E-state index contributed by atoms with van der Waals surface area (Å²) in [5, 5.41) is 0. The third kappa shape index (κ3) is 1.30. The Labute approximate surface area is 66.2 Å². The molecule has 0 aromatic carbocycles. The third-order valence-corrected chi connectivity index (χ3v) is 2.43. The second-order valence-corrected chi connectivity index (χ2v) is 3.26. The average molecular weight is 152 g/mol. The van der Waals surface area contributed by atoms with Crippen LogP contribution < -0.4 is 0 Å². The van der Waals surface area contributed by atoms with Crippen LogP contribution in [0.2, 0.25) is 0 Å². The summed E-state index contributed by atoms with van der Waals surface area (Å²) >= 11 is 0. The van der Waals surface area contributed by atoms with Crippen LogP contribution >= 0.6 is 0 Å². The monoisotopic (exact) mass is 152 g/mol. The first-order valence-corrected chi connectivity index (χ1v) is 4.23. The van der Waals surface area contributed by atoms with Crippen LogP contribution in [0.15, 0.2) is 12.2 Å². The van der Waals surface area contributed by atoms with E-state index in [1.54, 1.807) is 0 Å². The number of hydrogen-bond donors (Lipinski definition) is 0. The fraction of sp³-hybridized carbons (Fsp3) is 0.667. The minimum Gasteiger partial charge on any atom is -0.458 e. The van der Waals surface area contributed by atoms with Crippen LogP contribution in [-0.2, 0) is 9.53 Å². The predicted octanol–water partition coefficient (Wildman–Crippen LogP) is 1.66. The Morgan fingerprint density at radius 3 is 3.09 bits per heavy atom. The Kier molecular flexibility index (Phi) is 1.68. The molecule has 1 aliphatic carbocycles. The number of fused-ring (bicyclic) bond motifs is 4. The zero-order valence-corrected chi connectivity index (χ0v) is 6.45. The molecule has 2 heteroatoms. The van der Waals surface area contributed by atoms with E-state index in [1.807, 2.05) is 6.08 Å². The molecular weight excluding hydrogens is 140 g/mol. The Hall–Kier alpha value is -0.790. The molecule has 0 aromatic rings. The van der Waals surface area contributed by atoms with Crippen LogP contribution in [0, 0.1) is 5.92 Å². The third-order valence-electron chi connectivity index (χ3n) is 2.43. The number of rotatable bonds is 0. The van der Waals surface area contributed by atoms with E-state index < -0.39 is 0 Å². The smallest absolute Gasteiger partial charge is 0.309 e. The Bertz CT molecular complexity index is 196. The maximum absolute atomic E-state index is 11.2. The van der Waals surface area contributed by atoms with E-state index in [4.69, 9.17) is 4.74 Å². The van der Waals surface area contributed by atoms with E-state index in [0.29, 0.717) is 0 Å². The van der Waals surface area contributed by atoms with Crippen molar-refractivity contribution in [2.75, 3.05) is 0 Å². The van der Waals surface area contributed by atoms with Crippen molar-refractivity contribution in [2.45, 2.75) is 31.8 Å². The zero-order chi connectivity index (χ0) is 7.68. The number of carbonyl (C=O) groups excluding carboxylic acids is 1. The Balaban J connectivity index is 2.18. The number of ether oxygens (including phenoxy) is 1. The molecule has 2 nitrogen and oxygen atoms in total. The van der Waals surface area contributed by atoms with Gasteiger partial charge in [-0.3, -0.25) is 4.79 Å². The molecular formula is C9H12O2. The van der Waals surface area contributed by atoms with Gasteiger partial charge in [0.15, 0.2) is 0 Å². The van der Waals surface area contributed by atoms with Gasteiger partial charge in [0.1, 0.15) is 6.10 Å². The SMILES string of the molecule is O=C1OC2/C=C/CCC1CC2. The molecule has 2 heterocycles. The molecule has 11 heavy (non-hydrogen) atoms. The van der Waals surface area contributed by atoms with E-state index in [2.05, 4.69) is 6.08 Å². The number of allylic oxidation sites excluding steroid dienone is 1. The van der Waals surface area contributed by atoms with Crippen molar-refractivity contribution in [3.8, 4) is 0 Å². The lowest BCUT2D eigenvalue weighted by atomic mass is 9.91. The van der Waals surface area contributed by atoms with Gasteiger partial charge in [0.05, 0.1) is 5.92 Å². The van der Waals surface area contributed by atoms with Crippen LogP contribution in [0.4, 0.5) is 0 Å². The molecule has 3 aliphatic rings. The summed E-state index contributed by atoms with van der Waals surface area (Å²) < 4.78 is 5.16. The molecule has 2 bridgehead atoms. The Morgan fingerprint density at radius 2 is 2.27 bits per heavy atom. The summed E-state index contributed by atoms with van der Waals surface area (Å²) in [7, 11) is 0. The van der Waals surface area contributed by atoms with Crippen LogP contribution in [0.3, 0.4) is 0 Å². The van der Waals surface area contributed by atoms with Crippen LogP contribution in [0.1, 0.15) is 25.7 Å². The van der Waals surface area contributed by atoms with Crippen molar-refractivity contribution in [3.05, 3.63) is 12.2 Å². The quantitative estimate of drug-likeness (QED) is 0.390. The lowest BCUT2D eigenvalue weighted by Crippen LogP contribution is -2.31. The standard InChI is InChI=1S/C9H12O2/c10-9-7-3-1-2-4-8(11-9)6-5-7/h2,4,7-8H,1,3,5-6H2/b4-2+. The summed E-state index contributed by atoms with van der Waals surface area (Å²) in [5.41, 5.74) is 0. The van der Waals surface area contributed by atoms with Crippen LogP contribution in [0.25, 0.3) is 0 Å². The molecule has 0 amide bonds. The van der Waals surface area contributed by atoms with Crippen molar-refractivity contribution in [2.24, 2.45) is 5.92 Å². The van der Waals surface area contributed by atoms with Gasteiger partial charge in [-0.15, -0.1) is 0 Å².